The van der Waals surface area contributed by atoms with Crippen LogP contribution in [0.4, 0.5) is 0 Å². The largest absolute Gasteiger partial charge is 0.345 e. The molecule has 4 aromatic heterocycles. The highest BCUT2D eigenvalue weighted by Gasteiger charge is 2.32. The van der Waals surface area contributed by atoms with Crippen molar-refractivity contribution < 1.29 is 4.79 Å². The molecule has 7 rings (SSSR count). The smallest absolute Gasteiger partial charge is 0.254 e. The second kappa shape index (κ2) is 7.51. The van der Waals surface area contributed by atoms with Gasteiger partial charge in [-0.3, -0.25) is 9.78 Å². The van der Waals surface area contributed by atoms with E-state index in [0.717, 1.165) is 50.1 Å². The van der Waals surface area contributed by atoms with Crippen LogP contribution in [0.1, 0.15) is 27.5 Å². The van der Waals surface area contributed by atoms with Gasteiger partial charge in [-0.15, -0.1) is 0 Å². The molecule has 168 valence electrons. The zero-order valence-electron chi connectivity index (χ0n) is 18.2. The molecule has 0 saturated heterocycles. The Morgan fingerprint density at radius 2 is 1.80 bits per heavy atom. The van der Waals surface area contributed by atoms with Crippen LogP contribution < -0.4 is 5.32 Å². The van der Waals surface area contributed by atoms with E-state index in [9.17, 15) is 4.79 Å². The van der Waals surface area contributed by atoms with Crippen LogP contribution >= 0.6 is 11.6 Å². The van der Waals surface area contributed by atoms with E-state index in [2.05, 4.69) is 49.5 Å². The summed E-state index contributed by atoms with van der Waals surface area (Å²) in [5.41, 5.74) is 8.03. The van der Waals surface area contributed by atoms with Gasteiger partial charge in [-0.1, -0.05) is 54.1 Å². The molecule has 1 atom stereocenters. The topological polar surface area (TPSA) is 99.4 Å². The summed E-state index contributed by atoms with van der Waals surface area (Å²) in [6.07, 6.45) is 5.18. The van der Waals surface area contributed by atoms with Crippen LogP contribution in [0.5, 0.6) is 0 Å². The van der Waals surface area contributed by atoms with Crippen molar-refractivity contribution in [2.75, 3.05) is 0 Å². The third kappa shape index (κ3) is 3.05. The zero-order chi connectivity index (χ0) is 23.5. The summed E-state index contributed by atoms with van der Waals surface area (Å²) in [6.45, 7) is 0. The highest BCUT2D eigenvalue weighted by molar-refractivity contribution is 6.29. The van der Waals surface area contributed by atoms with E-state index in [1.54, 1.807) is 30.7 Å². The number of amides is 1. The molecule has 8 heteroatoms. The van der Waals surface area contributed by atoms with Crippen LogP contribution in [0.2, 0.25) is 5.15 Å². The van der Waals surface area contributed by atoms with Crippen molar-refractivity contribution in [2.45, 2.75) is 6.04 Å². The van der Waals surface area contributed by atoms with Crippen molar-refractivity contribution in [3.05, 3.63) is 101 Å². The van der Waals surface area contributed by atoms with E-state index in [1.807, 2.05) is 24.3 Å². The summed E-state index contributed by atoms with van der Waals surface area (Å²) >= 11 is 6.01. The van der Waals surface area contributed by atoms with Crippen molar-refractivity contribution in [3.8, 4) is 22.5 Å². The van der Waals surface area contributed by atoms with E-state index < -0.39 is 0 Å². The maximum absolute atomic E-state index is 13.4. The van der Waals surface area contributed by atoms with Crippen molar-refractivity contribution in [2.24, 2.45) is 0 Å². The van der Waals surface area contributed by atoms with Gasteiger partial charge in [-0.25, -0.2) is 9.97 Å². The SMILES string of the molecule is O=C(NC1c2ccccc2-c2c(-c3nc4ccncc4[nH]3)cccc21)c1c[nH]c2nc(Cl)ccc12. The van der Waals surface area contributed by atoms with Crippen LogP contribution in [-0.4, -0.2) is 30.8 Å². The molecule has 3 N–H and O–H groups in total. The van der Waals surface area contributed by atoms with Gasteiger partial charge in [0, 0.05) is 23.3 Å². The van der Waals surface area contributed by atoms with Gasteiger partial charge in [0.2, 0.25) is 0 Å². The average molecular weight is 477 g/mol. The van der Waals surface area contributed by atoms with E-state index >= 15 is 0 Å². The van der Waals surface area contributed by atoms with Crippen molar-refractivity contribution >= 4 is 39.6 Å². The number of nitrogens with one attached hydrogen (secondary N) is 3. The molecule has 0 radical (unpaired) electrons. The fourth-order valence-corrected chi connectivity index (χ4v) is 5.12. The first-order chi connectivity index (χ1) is 17.2. The van der Waals surface area contributed by atoms with Gasteiger partial charge in [-0.05, 0) is 40.5 Å². The van der Waals surface area contributed by atoms with Crippen molar-refractivity contribution in [1.29, 1.82) is 0 Å². The van der Waals surface area contributed by atoms with E-state index in [4.69, 9.17) is 16.6 Å². The Morgan fingerprint density at radius 3 is 2.71 bits per heavy atom. The van der Waals surface area contributed by atoms with Gasteiger partial charge in [0.1, 0.15) is 16.6 Å². The number of aromatic nitrogens is 5. The van der Waals surface area contributed by atoms with E-state index in [-0.39, 0.29) is 11.9 Å². The lowest BCUT2D eigenvalue weighted by Crippen LogP contribution is -2.28. The van der Waals surface area contributed by atoms with E-state index in [1.165, 1.54) is 0 Å². The molecule has 1 aliphatic carbocycles. The zero-order valence-corrected chi connectivity index (χ0v) is 19.0. The molecule has 6 aromatic rings. The minimum absolute atomic E-state index is 0.187. The number of imidazole rings is 1. The van der Waals surface area contributed by atoms with Gasteiger partial charge >= 0.3 is 0 Å². The quantitative estimate of drug-likeness (QED) is 0.287. The average Bonchev–Trinajstić information content (AvgIpc) is 3.58. The van der Waals surface area contributed by atoms with Crippen LogP contribution in [0.15, 0.2) is 79.3 Å². The number of hydrogen-bond acceptors (Lipinski definition) is 4. The number of aromatic amines is 2. The van der Waals surface area contributed by atoms with Gasteiger partial charge in [0.15, 0.2) is 0 Å². The fraction of sp³-hybridized carbons (Fsp3) is 0.0370. The molecule has 1 amide bonds. The summed E-state index contributed by atoms with van der Waals surface area (Å²) in [5, 5.41) is 4.34. The van der Waals surface area contributed by atoms with Gasteiger partial charge < -0.3 is 15.3 Å². The molecule has 0 aliphatic heterocycles. The Hall–Kier alpha value is -4.49. The second-order valence-electron chi connectivity index (χ2n) is 8.47. The molecular weight excluding hydrogens is 460 g/mol. The van der Waals surface area contributed by atoms with Crippen LogP contribution in [0, 0.1) is 0 Å². The summed E-state index contributed by atoms with van der Waals surface area (Å²) < 4.78 is 0. The maximum atomic E-state index is 13.4. The molecule has 1 aliphatic rings. The normalized spacial score (nSPS) is 14.3. The molecule has 35 heavy (non-hydrogen) atoms. The van der Waals surface area contributed by atoms with Crippen molar-refractivity contribution in [1.82, 2.24) is 30.2 Å². The molecule has 0 bridgehead atoms. The number of nitrogens with zero attached hydrogens (tertiary/aromatic N) is 3. The number of carbonyl (C=O) groups excluding carboxylic acids is 1. The summed E-state index contributed by atoms with van der Waals surface area (Å²) in [5.74, 6) is 0.583. The molecule has 0 fully saturated rings. The number of carbonyl (C=O) groups is 1. The van der Waals surface area contributed by atoms with E-state index in [0.29, 0.717) is 16.4 Å². The molecular formula is C27H17ClN6O. The number of halogens is 1. The lowest BCUT2D eigenvalue weighted by Gasteiger charge is -2.16. The third-order valence-electron chi connectivity index (χ3n) is 6.51. The monoisotopic (exact) mass is 476 g/mol. The Balaban J connectivity index is 1.34. The Labute approximate surface area is 204 Å². The summed E-state index contributed by atoms with van der Waals surface area (Å²) in [7, 11) is 0. The van der Waals surface area contributed by atoms with Crippen molar-refractivity contribution in [3.63, 3.8) is 0 Å². The first-order valence-corrected chi connectivity index (χ1v) is 11.5. The maximum Gasteiger partial charge on any atom is 0.254 e. The van der Waals surface area contributed by atoms with Crippen LogP contribution in [-0.2, 0) is 0 Å². The van der Waals surface area contributed by atoms with Gasteiger partial charge in [0.25, 0.3) is 5.91 Å². The third-order valence-corrected chi connectivity index (χ3v) is 6.72. The number of H-pyrrole nitrogens is 2. The number of fused-ring (bicyclic) bond motifs is 5. The Bertz CT molecular complexity index is 1750. The number of hydrogen-bond donors (Lipinski definition) is 3. The number of benzene rings is 2. The molecule has 0 spiro atoms. The standard InChI is InChI=1S/C27H17ClN6O/c28-22-9-8-16-19(12-30-25(16)33-22)27(35)34-24-15-5-2-1-4-14(15)23-17(24)6-3-7-18(23)26-31-20-10-11-29-13-21(20)32-26/h1-13,24H,(H,30,33)(H,31,32)(H,34,35). The summed E-state index contributed by atoms with van der Waals surface area (Å²) in [4.78, 5) is 33.1. The predicted octanol–water partition coefficient (Wildman–Crippen LogP) is 5.65. The molecule has 2 aromatic carbocycles. The lowest BCUT2D eigenvalue weighted by molar-refractivity contribution is 0.0945. The first-order valence-electron chi connectivity index (χ1n) is 11.1. The van der Waals surface area contributed by atoms with Crippen LogP contribution in [0.25, 0.3) is 44.6 Å². The number of rotatable bonds is 3. The fourth-order valence-electron chi connectivity index (χ4n) is 4.97. The number of pyridine rings is 2. The minimum atomic E-state index is -0.301. The summed E-state index contributed by atoms with van der Waals surface area (Å²) in [6, 6.07) is 19.4. The Kier molecular flexibility index (Phi) is 4.28. The van der Waals surface area contributed by atoms with Gasteiger partial charge in [0.05, 0.1) is 28.8 Å². The van der Waals surface area contributed by atoms with Crippen LogP contribution in [0.3, 0.4) is 0 Å². The molecule has 7 nitrogen and oxygen atoms in total. The first kappa shape index (κ1) is 19.9. The minimum Gasteiger partial charge on any atom is -0.345 e. The molecule has 4 heterocycles. The lowest BCUT2D eigenvalue weighted by atomic mass is 9.98. The second-order valence-corrected chi connectivity index (χ2v) is 8.86. The molecule has 1 unspecified atom stereocenters. The molecule has 0 saturated carbocycles. The highest BCUT2D eigenvalue weighted by atomic mass is 35.5. The van der Waals surface area contributed by atoms with Gasteiger partial charge in [-0.2, -0.15) is 0 Å². The predicted molar refractivity (Wildman–Crippen MR) is 135 cm³/mol. The highest BCUT2D eigenvalue weighted by Crippen LogP contribution is 2.47. The Morgan fingerprint density at radius 1 is 0.943 bits per heavy atom.